The van der Waals surface area contributed by atoms with Gasteiger partial charge < -0.3 is 15.0 Å². The van der Waals surface area contributed by atoms with E-state index in [0.717, 1.165) is 32.5 Å². The van der Waals surface area contributed by atoms with Gasteiger partial charge in [-0.25, -0.2) is 4.79 Å². The summed E-state index contributed by atoms with van der Waals surface area (Å²) in [4.78, 5) is 14.1. The molecule has 0 aromatic rings. The van der Waals surface area contributed by atoms with Crippen LogP contribution in [0, 0.1) is 5.41 Å². The maximum atomic E-state index is 12.2. The van der Waals surface area contributed by atoms with Crippen LogP contribution in [0.3, 0.4) is 0 Å². The number of ether oxygens (including phenoxy) is 1. The standard InChI is InChI=1S/C18H34N2O2/c1-17(2,3)22-16(21)20-12-8-9-15(13-20)19-14-18(4)10-6-5-7-11-18/h15,19H,5-14H2,1-4H3. The molecule has 1 amide bonds. The van der Waals surface area contributed by atoms with Gasteiger partial charge in [-0.2, -0.15) is 0 Å². The molecule has 128 valence electrons. The number of nitrogens with one attached hydrogen (secondary N) is 1. The highest BCUT2D eigenvalue weighted by atomic mass is 16.6. The Morgan fingerprint density at radius 1 is 1.23 bits per heavy atom. The van der Waals surface area contributed by atoms with Crippen molar-refractivity contribution in [3.05, 3.63) is 0 Å². The van der Waals surface area contributed by atoms with Crippen molar-refractivity contribution >= 4 is 6.09 Å². The third-order valence-electron chi connectivity index (χ3n) is 4.95. The molecule has 1 heterocycles. The minimum Gasteiger partial charge on any atom is -0.444 e. The number of hydrogen-bond acceptors (Lipinski definition) is 3. The van der Waals surface area contributed by atoms with Gasteiger partial charge in [0.05, 0.1) is 0 Å². The summed E-state index contributed by atoms with van der Waals surface area (Å²) in [7, 11) is 0. The van der Waals surface area contributed by atoms with Crippen molar-refractivity contribution in [2.24, 2.45) is 5.41 Å². The largest absolute Gasteiger partial charge is 0.444 e. The highest BCUT2D eigenvalue weighted by Crippen LogP contribution is 2.35. The van der Waals surface area contributed by atoms with E-state index in [0.29, 0.717) is 11.5 Å². The fourth-order valence-corrected chi connectivity index (χ4v) is 3.61. The van der Waals surface area contributed by atoms with Crippen LogP contribution in [0.25, 0.3) is 0 Å². The highest BCUT2D eigenvalue weighted by molar-refractivity contribution is 5.68. The van der Waals surface area contributed by atoms with Crippen molar-refractivity contribution in [3.63, 3.8) is 0 Å². The molecular weight excluding hydrogens is 276 g/mol. The van der Waals surface area contributed by atoms with E-state index in [4.69, 9.17) is 4.74 Å². The van der Waals surface area contributed by atoms with E-state index in [2.05, 4.69) is 12.2 Å². The zero-order chi connectivity index (χ0) is 16.2. The Kier molecular flexibility index (Phi) is 5.76. The lowest BCUT2D eigenvalue weighted by Crippen LogP contribution is -2.51. The van der Waals surface area contributed by atoms with Crippen molar-refractivity contribution in [3.8, 4) is 0 Å². The molecule has 0 spiro atoms. The van der Waals surface area contributed by atoms with Crippen LogP contribution in [-0.2, 0) is 4.74 Å². The lowest BCUT2D eigenvalue weighted by atomic mass is 9.75. The molecule has 2 rings (SSSR count). The number of rotatable bonds is 3. The SMILES string of the molecule is CC1(CNC2CCCN(C(=O)OC(C)(C)C)C2)CCCCC1. The molecule has 1 aliphatic heterocycles. The van der Waals surface area contributed by atoms with Gasteiger partial charge in [0.25, 0.3) is 0 Å². The van der Waals surface area contributed by atoms with E-state index in [9.17, 15) is 4.79 Å². The summed E-state index contributed by atoms with van der Waals surface area (Å²) in [5.74, 6) is 0. The van der Waals surface area contributed by atoms with E-state index in [1.165, 1.54) is 32.1 Å². The summed E-state index contributed by atoms with van der Waals surface area (Å²) in [6.07, 6.45) is 8.86. The normalized spacial score (nSPS) is 25.8. The first-order valence-electron chi connectivity index (χ1n) is 8.99. The summed E-state index contributed by atoms with van der Waals surface area (Å²) < 4.78 is 5.50. The molecule has 4 heteroatoms. The molecule has 1 saturated heterocycles. The second kappa shape index (κ2) is 7.20. The number of carbonyl (C=O) groups is 1. The first-order chi connectivity index (χ1) is 10.3. The molecule has 22 heavy (non-hydrogen) atoms. The van der Waals surface area contributed by atoms with Crippen LogP contribution in [-0.4, -0.2) is 42.3 Å². The number of nitrogens with zero attached hydrogens (tertiary/aromatic N) is 1. The number of amides is 1. The van der Waals surface area contributed by atoms with Crippen LogP contribution < -0.4 is 5.32 Å². The van der Waals surface area contributed by atoms with Gasteiger partial charge >= 0.3 is 6.09 Å². The van der Waals surface area contributed by atoms with Gasteiger partial charge in [0, 0.05) is 25.7 Å². The molecule has 0 bridgehead atoms. The molecule has 1 atom stereocenters. The van der Waals surface area contributed by atoms with Crippen molar-refractivity contribution in [1.29, 1.82) is 0 Å². The number of hydrogen-bond donors (Lipinski definition) is 1. The molecule has 0 aromatic heterocycles. The molecule has 2 fully saturated rings. The van der Waals surface area contributed by atoms with Gasteiger partial charge in [0.15, 0.2) is 0 Å². The molecule has 1 saturated carbocycles. The van der Waals surface area contributed by atoms with Crippen LogP contribution >= 0.6 is 0 Å². The highest BCUT2D eigenvalue weighted by Gasteiger charge is 2.30. The zero-order valence-corrected chi connectivity index (χ0v) is 14.9. The molecule has 1 N–H and O–H groups in total. The average molecular weight is 310 g/mol. The Bertz CT molecular complexity index is 370. The fraction of sp³-hybridized carbons (Fsp3) is 0.944. The quantitative estimate of drug-likeness (QED) is 0.858. The molecule has 2 aliphatic rings. The number of piperidine rings is 1. The Balaban J connectivity index is 1.79. The third kappa shape index (κ3) is 5.45. The average Bonchev–Trinajstić information content (AvgIpc) is 2.45. The summed E-state index contributed by atoms with van der Waals surface area (Å²) in [6, 6.07) is 0.417. The van der Waals surface area contributed by atoms with Crippen molar-refractivity contribution in [2.45, 2.75) is 84.3 Å². The summed E-state index contributed by atoms with van der Waals surface area (Å²) in [6.45, 7) is 10.9. The van der Waals surface area contributed by atoms with E-state index in [-0.39, 0.29) is 6.09 Å². The molecular formula is C18H34N2O2. The van der Waals surface area contributed by atoms with Crippen molar-refractivity contribution in [2.75, 3.05) is 19.6 Å². The smallest absolute Gasteiger partial charge is 0.410 e. The minimum absolute atomic E-state index is 0.164. The van der Waals surface area contributed by atoms with E-state index in [1.54, 1.807) is 0 Å². The molecule has 0 aromatic carbocycles. The maximum absolute atomic E-state index is 12.2. The van der Waals surface area contributed by atoms with Crippen molar-refractivity contribution < 1.29 is 9.53 Å². The van der Waals surface area contributed by atoms with Crippen LogP contribution in [0.2, 0.25) is 0 Å². The van der Waals surface area contributed by atoms with E-state index < -0.39 is 5.60 Å². The summed E-state index contributed by atoms with van der Waals surface area (Å²) >= 11 is 0. The predicted octanol–water partition coefficient (Wildman–Crippen LogP) is 3.95. The van der Waals surface area contributed by atoms with Gasteiger partial charge in [0.1, 0.15) is 5.60 Å². The first-order valence-corrected chi connectivity index (χ1v) is 8.99. The fourth-order valence-electron chi connectivity index (χ4n) is 3.61. The molecule has 0 radical (unpaired) electrons. The predicted molar refractivity (Wildman–Crippen MR) is 90.0 cm³/mol. The minimum atomic E-state index is -0.410. The van der Waals surface area contributed by atoms with E-state index in [1.807, 2.05) is 25.7 Å². The Hall–Kier alpha value is -0.770. The lowest BCUT2D eigenvalue weighted by molar-refractivity contribution is 0.0182. The topological polar surface area (TPSA) is 41.6 Å². The second-order valence-corrected chi connectivity index (χ2v) is 8.52. The van der Waals surface area contributed by atoms with Gasteiger partial charge in [-0.3, -0.25) is 0 Å². The van der Waals surface area contributed by atoms with Crippen LogP contribution in [0.5, 0.6) is 0 Å². The van der Waals surface area contributed by atoms with Crippen molar-refractivity contribution in [1.82, 2.24) is 10.2 Å². The van der Waals surface area contributed by atoms with Gasteiger partial charge in [-0.1, -0.05) is 26.2 Å². The Morgan fingerprint density at radius 2 is 1.91 bits per heavy atom. The third-order valence-corrected chi connectivity index (χ3v) is 4.95. The van der Waals surface area contributed by atoms with Gasteiger partial charge in [0.2, 0.25) is 0 Å². The monoisotopic (exact) mass is 310 g/mol. The summed E-state index contributed by atoms with van der Waals surface area (Å²) in [5.41, 5.74) is 0.0411. The molecule has 1 unspecified atom stereocenters. The Morgan fingerprint density at radius 3 is 2.55 bits per heavy atom. The first kappa shape index (κ1) is 17.6. The van der Waals surface area contributed by atoms with Crippen LogP contribution in [0.1, 0.15) is 72.6 Å². The number of carbonyl (C=O) groups excluding carboxylic acids is 1. The lowest BCUT2D eigenvalue weighted by Gasteiger charge is -2.38. The van der Waals surface area contributed by atoms with Crippen LogP contribution in [0.4, 0.5) is 4.79 Å². The summed E-state index contributed by atoms with van der Waals surface area (Å²) in [5, 5.41) is 3.73. The second-order valence-electron chi connectivity index (χ2n) is 8.52. The molecule has 1 aliphatic carbocycles. The maximum Gasteiger partial charge on any atom is 0.410 e. The number of likely N-dealkylation sites (tertiary alicyclic amines) is 1. The zero-order valence-electron chi connectivity index (χ0n) is 14.9. The molecule has 4 nitrogen and oxygen atoms in total. The van der Waals surface area contributed by atoms with E-state index >= 15 is 0 Å². The van der Waals surface area contributed by atoms with Gasteiger partial charge in [-0.05, 0) is 51.9 Å². The van der Waals surface area contributed by atoms with Gasteiger partial charge in [-0.15, -0.1) is 0 Å². The van der Waals surface area contributed by atoms with Crippen LogP contribution in [0.15, 0.2) is 0 Å². The Labute approximate surface area is 136 Å².